The predicted octanol–water partition coefficient (Wildman–Crippen LogP) is 4.22. The molecule has 0 aliphatic carbocycles. The Bertz CT molecular complexity index is 291. The summed E-state index contributed by atoms with van der Waals surface area (Å²) in [6.07, 6.45) is 7.19. The molecular formula is C18H35NO2. The van der Waals surface area contributed by atoms with Gasteiger partial charge in [-0.05, 0) is 57.6 Å². The van der Waals surface area contributed by atoms with Crippen molar-refractivity contribution in [2.24, 2.45) is 0 Å². The maximum Gasteiger partial charge on any atom is 0.115 e. The zero-order valence-corrected chi connectivity index (χ0v) is 14.6. The van der Waals surface area contributed by atoms with E-state index in [4.69, 9.17) is 10.2 Å². The van der Waals surface area contributed by atoms with Gasteiger partial charge in [-0.1, -0.05) is 45.2 Å². The van der Waals surface area contributed by atoms with Crippen LogP contribution in [0.1, 0.15) is 51.5 Å². The molecule has 1 aliphatic heterocycles. The van der Waals surface area contributed by atoms with E-state index in [0.717, 1.165) is 12.7 Å². The Morgan fingerprint density at radius 3 is 1.76 bits per heavy atom. The van der Waals surface area contributed by atoms with E-state index >= 15 is 0 Å². The highest BCUT2D eigenvalue weighted by Crippen LogP contribution is 2.09. The van der Waals surface area contributed by atoms with Crippen LogP contribution < -0.4 is 0 Å². The van der Waals surface area contributed by atoms with Crippen molar-refractivity contribution in [3.05, 3.63) is 29.8 Å². The second-order valence-electron chi connectivity index (χ2n) is 4.91. The number of benzene rings is 1. The van der Waals surface area contributed by atoms with Gasteiger partial charge < -0.3 is 15.1 Å². The first-order chi connectivity index (χ1) is 10.2. The standard InChI is InChI=1S/C8H17N.C7H8O.C2H6.CH4O/c1-9-7-5-3-2-4-6-8-9;1-6-3-2-4-7(8)5-6;2*1-2/h2-8H2,1H3;2-5,8H,1H3;1-2H3;2H,1H3. The number of nitrogens with zero attached hydrogens (tertiary/aromatic N) is 1. The van der Waals surface area contributed by atoms with Gasteiger partial charge in [0.25, 0.3) is 0 Å². The first-order valence-electron chi connectivity index (χ1n) is 8.07. The Labute approximate surface area is 131 Å². The van der Waals surface area contributed by atoms with Crippen molar-refractivity contribution < 1.29 is 10.2 Å². The summed E-state index contributed by atoms with van der Waals surface area (Å²) in [6, 6.07) is 7.15. The molecule has 124 valence electrons. The van der Waals surface area contributed by atoms with Gasteiger partial charge in [-0.25, -0.2) is 0 Å². The average Bonchev–Trinajstić information content (AvgIpc) is 2.48. The minimum absolute atomic E-state index is 0.338. The van der Waals surface area contributed by atoms with E-state index in [0.29, 0.717) is 5.75 Å². The molecule has 1 aliphatic rings. The molecule has 0 radical (unpaired) electrons. The van der Waals surface area contributed by atoms with Crippen molar-refractivity contribution in [1.82, 2.24) is 4.90 Å². The molecule has 0 atom stereocenters. The van der Waals surface area contributed by atoms with Crippen molar-refractivity contribution in [1.29, 1.82) is 0 Å². The average molecular weight is 297 g/mol. The lowest BCUT2D eigenvalue weighted by molar-refractivity contribution is 0.297. The quantitative estimate of drug-likeness (QED) is 0.753. The van der Waals surface area contributed by atoms with Crippen LogP contribution in [0.15, 0.2) is 24.3 Å². The van der Waals surface area contributed by atoms with E-state index in [-0.39, 0.29) is 0 Å². The molecule has 0 aromatic heterocycles. The van der Waals surface area contributed by atoms with Gasteiger partial charge in [-0.3, -0.25) is 0 Å². The highest BCUT2D eigenvalue weighted by molar-refractivity contribution is 5.25. The third-order valence-electron chi connectivity index (χ3n) is 3.08. The molecule has 2 rings (SSSR count). The summed E-state index contributed by atoms with van der Waals surface area (Å²) in [4.78, 5) is 2.44. The molecule has 0 saturated carbocycles. The molecule has 3 nitrogen and oxygen atoms in total. The summed E-state index contributed by atoms with van der Waals surface area (Å²) < 4.78 is 0. The normalized spacial score (nSPS) is 14.8. The second-order valence-corrected chi connectivity index (χ2v) is 4.91. The topological polar surface area (TPSA) is 43.7 Å². The van der Waals surface area contributed by atoms with Gasteiger partial charge in [0.05, 0.1) is 0 Å². The maximum atomic E-state index is 8.81. The second kappa shape index (κ2) is 17.0. The summed E-state index contributed by atoms with van der Waals surface area (Å²) in [5.74, 6) is 0.338. The van der Waals surface area contributed by atoms with E-state index < -0.39 is 0 Å². The van der Waals surface area contributed by atoms with Crippen LogP contribution >= 0.6 is 0 Å². The summed E-state index contributed by atoms with van der Waals surface area (Å²) in [5.41, 5.74) is 1.09. The number of aryl methyl sites for hydroxylation is 1. The number of rotatable bonds is 0. The first kappa shape index (κ1) is 22.2. The van der Waals surface area contributed by atoms with Crippen LogP contribution in [-0.2, 0) is 0 Å². The van der Waals surface area contributed by atoms with Crippen LogP contribution in [0.25, 0.3) is 0 Å². The molecule has 1 aromatic rings. The third-order valence-corrected chi connectivity index (χ3v) is 3.08. The van der Waals surface area contributed by atoms with Crippen LogP contribution in [0, 0.1) is 6.92 Å². The first-order valence-corrected chi connectivity index (χ1v) is 8.07. The van der Waals surface area contributed by atoms with Crippen LogP contribution in [0.2, 0.25) is 0 Å². The molecule has 2 N–H and O–H groups in total. The number of hydrogen-bond acceptors (Lipinski definition) is 3. The van der Waals surface area contributed by atoms with Crippen molar-refractivity contribution in [3.8, 4) is 5.75 Å². The Hall–Kier alpha value is -1.06. The molecule has 0 spiro atoms. The molecule has 21 heavy (non-hydrogen) atoms. The number of aromatic hydroxyl groups is 1. The molecule has 1 saturated heterocycles. The summed E-state index contributed by atoms with van der Waals surface area (Å²) in [6.45, 7) is 8.58. The maximum absolute atomic E-state index is 8.81. The molecule has 3 heteroatoms. The lowest BCUT2D eigenvalue weighted by Crippen LogP contribution is -2.22. The number of likely N-dealkylation sites (tertiary alicyclic amines) is 1. The number of phenolic OH excluding ortho intramolecular Hbond substituents is 1. The SMILES string of the molecule is CC.CN1CCCCCCC1.CO.Cc1cccc(O)c1. The van der Waals surface area contributed by atoms with E-state index in [1.807, 2.05) is 32.9 Å². The van der Waals surface area contributed by atoms with Gasteiger partial charge in [-0.2, -0.15) is 0 Å². The van der Waals surface area contributed by atoms with E-state index in [1.165, 1.54) is 45.2 Å². The van der Waals surface area contributed by atoms with Crippen molar-refractivity contribution in [2.45, 2.75) is 52.9 Å². The van der Waals surface area contributed by atoms with Crippen LogP contribution in [0.4, 0.5) is 0 Å². The molecule has 1 heterocycles. The summed E-state index contributed by atoms with van der Waals surface area (Å²) >= 11 is 0. The Morgan fingerprint density at radius 1 is 0.905 bits per heavy atom. The van der Waals surface area contributed by atoms with Gasteiger partial charge in [0.15, 0.2) is 0 Å². The van der Waals surface area contributed by atoms with Gasteiger partial charge in [0.2, 0.25) is 0 Å². The highest BCUT2D eigenvalue weighted by Gasteiger charge is 2.01. The van der Waals surface area contributed by atoms with Gasteiger partial charge >= 0.3 is 0 Å². The molecule has 0 unspecified atom stereocenters. The predicted molar refractivity (Wildman–Crippen MR) is 92.9 cm³/mol. The smallest absolute Gasteiger partial charge is 0.115 e. The molecule has 1 aromatic carbocycles. The summed E-state index contributed by atoms with van der Waals surface area (Å²) in [5, 5.41) is 15.8. The van der Waals surface area contributed by atoms with Crippen LogP contribution in [-0.4, -0.2) is 42.4 Å². The van der Waals surface area contributed by atoms with Gasteiger partial charge in [0.1, 0.15) is 5.75 Å². The highest BCUT2D eigenvalue weighted by atomic mass is 16.3. The van der Waals surface area contributed by atoms with Crippen molar-refractivity contribution in [2.75, 3.05) is 27.2 Å². The lowest BCUT2D eigenvalue weighted by atomic mass is 10.1. The lowest BCUT2D eigenvalue weighted by Gasteiger charge is -2.18. The Kier molecular flexibility index (Phi) is 18.0. The largest absolute Gasteiger partial charge is 0.508 e. The van der Waals surface area contributed by atoms with E-state index in [1.54, 1.807) is 12.1 Å². The monoisotopic (exact) mass is 297 g/mol. The fourth-order valence-corrected chi connectivity index (χ4v) is 2.03. The fourth-order valence-electron chi connectivity index (χ4n) is 2.03. The van der Waals surface area contributed by atoms with Crippen molar-refractivity contribution in [3.63, 3.8) is 0 Å². The Morgan fingerprint density at radius 2 is 1.38 bits per heavy atom. The summed E-state index contributed by atoms with van der Waals surface area (Å²) in [7, 11) is 3.23. The number of phenols is 1. The minimum Gasteiger partial charge on any atom is -0.508 e. The molecule has 0 bridgehead atoms. The van der Waals surface area contributed by atoms with Gasteiger partial charge in [0, 0.05) is 7.11 Å². The van der Waals surface area contributed by atoms with E-state index in [2.05, 4.69) is 11.9 Å². The fraction of sp³-hybridized carbons (Fsp3) is 0.667. The molecule has 0 amide bonds. The minimum atomic E-state index is 0.338. The van der Waals surface area contributed by atoms with Crippen LogP contribution in [0.3, 0.4) is 0 Å². The zero-order chi connectivity index (χ0) is 16.5. The number of hydrogen-bond donors (Lipinski definition) is 2. The van der Waals surface area contributed by atoms with Gasteiger partial charge in [-0.15, -0.1) is 0 Å². The molecular weight excluding hydrogens is 262 g/mol. The zero-order valence-electron chi connectivity index (χ0n) is 14.6. The number of aliphatic hydroxyl groups is 1. The Balaban J connectivity index is 0. The number of aliphatic hydroxyl groups excluding tert-OH is 1. The van der Waals surface area contributed by atoms with Crippen LogP contribution in [0.5, 0.6) is 5.75 Å². The van der Waals surface area contributed by atoms with E-state index in [9.17, 15) is 0 Å². The van der Waals surface area contributed by atoms with Crippen molar-refractivity contribution >= 4 is 0 Å². The molecule has 1 fully saturated rings. The third kappa shape index (κ3) is 15.2.